The van der Waals surface area contributed by atoms with Crippen LogP contribution in [0.25, 0.3) is 0 Å². The van der Waals surface area contributed by atoms with E-state index in [1.807, 2.05) is 6.07 Å². The third-order valence-corrected chi connectivity index (χ3v) is 4.74. The molecule has 8 heteroatoms. The van der Waals surface area contributed by atoms with Crippen LogP contribution < -0.4 is 14.4 Å². The Morgan fingerprint density at radius 1 is 1.29 bits per heavy atom. The van der Waals surface area contributed by atoms with Crippen LogP contribution >= 0.6 is 0 Å². The molecule has 0 saturated heterocycles. The van der Waals surface area contributed by atoms with Crippen molar-refractivity contribution < 1.29 is 17.9 Å². The first-order valence-electron chi connectivity index (χ1n) is 7.36. The molecule has 126 valence electrons. The van der Waals surface area contributed by atoms with E-state index in [9.17, 15) is 13.2 Å². The van der Waals surface area contributed by atoms with Crippen molar-refractivity contribution in [2.24, 2.45) is 0 Å². The number of nitrogens with zero attached hydrogens (tertiary/aromatic N) is 2. The van der Waals surface area contributed by atoms with E-state index in [2.05, 4.69) is 10.3 Å². The van der Waals surface area contributed by atoms with E-state index < -0.39 is 16.1 Å². The highest BCUT2D eigenvalue weighted by molar-refractivity contribution is 7.92. The van der Waals surface area contributed by atoms with Crippen molar-refractivity contribution in [2.75, 3.05) is 17.1 Å². The van der Waals surface area contributed by atoms with Gasteiger partial charge in [-0.1, -0.05) is 18.2 Å². The number of ether oxygens (including phenoxy) is 1. The van der Waals surface area contributed by atoms with Crippen molar-refractivity contribution in [1.29, 1.82) is 0 Å². The first kappa shape index (κ1) is 16.3. The third-order valence-electron chi connectivity index (χ3n) is 3.60. The maximum Gasteiger partial charge on any atom is 0.263 e. The molecule has 1 aromatic carbocycles. The molecule has 0 spiro atoms. The van der Waals surface area contributed by atoms with Crippen LogP contribution in [0.3, 0.4) is 0 Å². The van der Waals surface area contributed by atoms with Crippen molar-refractivity contribution in [3.8, 4) is 5.75 Å². The van der Waals surface area contributed by atoms with Gasteiger partial charge in [-0.05, 0) is 24.3 Å². The second-order valence-electron chi connectivity index (χ2n) is 5.41. The molecule has 1 aliphatic heterocycles. The van der Waals surface area contributed by atoms with Crippen molar-refractivity contribution >= 4 is 21.6 Å². The topological polar surface area (TPSA) is 88.6 Å². The molecule has 0 fully saturated rings. The Morgan fingerprint density at radius 3 is 2.75 bits per heavy atom. The number of pyridine rings is 1. The van der Waals surface area contributed by atoms with Gasteiger partial charge in [-0.25, -0.2) is 8.42 Å². The SMILES string of the molecule is CS(=O)(=O)N1C[C@H](C(=O)NCc2ccccn2)Oc2ccccc21. The molecule has 24 heavy (non-hydrogen) atoms. The van der Waals surface area contributed by atoms with Crippen molar-refractivity contribution in [1.82, 2.24) is 10.3 Å². The van der Waals surface area contributed by atoms with E-state index in [0.717, 1.165) is 6.26 Å². The van der Waals surface area contributed by atoms with E-state index in [4.69, 9.17) is 4.74 Å². The molecule has 7 nitrogen and oxygen atoms in total. The zero-order valence-corrected chi connectivity index (χ0v) is 13.9. The first-order chi connectivity index (χ1) is 11.4. The van der Waals surface area contributed by atoms with E-state index in [1.165, 1.54) is 4.31 Å². The maximum atomic E-state index is 12.4. The quantitative estimate of drug-likeness (QED) is 0.889. The highest BCUT2D eigenvalue weighted by atomic mass is 32.2. The molecule has 2 aromatic rings. The molecule has 1 aromatic heterocycles. The minimum Gasteiger partial charge on any atom is -0.476 e. The fourth-order valence-corrected chi connectivity index (χ4v) is 3.36. The Labute approximate surface area is 140 Å². The summed E-state index contributed by atoms with van der Waals surface area (Å²) in [5.74, 6) is -0.0176. The normalized spacial score (nSPS) is 16.9. The van der Waals surface area contributed by atoms with Gasteiger partial charge in [-0.15, -0.1) is 0 Å². The lowest BCUT2D eigenvalue weighted by atomic mass is 10.2. The zero-order valence-electron chi connectivity index (χ0n) is 13.0. The van der Waals surface area contributed by atoms with Gasteiger partial charge in [-0.2, -0.15) is 0 Å². The van der Waals surface area contributed by atoms with Gasteiger partial charge in [0, 0.05) is 6.20 Å². The van der Waals surface area contributed by atoms with Crippen LogP contribution in [-0.2, 0) is 21.4 Å². The monoisotopic (exact) mass is 347 g/mol. The molecule has 1 atom stereocenters. The smallest absolute Gasteiger partial charge is 0.263 e. The zero-order chi connectivity index (χ0) is 17.2. The lowest BCUT2D eigenvalue weighted by Crippen LogP contribution is -2.50. The van der Waals surface area contributed by atoms with Gasteiger partial charge in [0.1, 0.15) is 5.75 Å². The number of carbonyl (C=O) groups is 1. The van der Waals surface area contributed by atoms with E-state index >= 15 is 0 Å². The number of aromatic nitrogens is 1. The summed E-state index contributed by atoms with van der Waals surface area (Å²) in [6.45, 7) is 0.184. The summed E-state index contributed by atoms with van der Waals surface area (Å²) >= 11 is 0. The number of sulfonamides is 1. The summed E-state index contributed by atoms with van der Waals surface area (Å²) in [5.41, 5.74) is 1.15. The summed E-state index contributed by atoms with van der Waals surface area (Å²) in [5, 5.41) is 2.72. The number of para-hydroxylation sites is 2. The number of amides is 1. The number of hydrogen-bond donors (Lipinski definition) is 1. The fraction of sp³-hybridized carbons (Fsp3) is 0.250. The van der Waals surface area contributed by atoms with Crippen molar-refractivity contribution in [2.45, 2.75) is 12.6 Å². The number of fused-ring (bicyclic) bond motifs is 1. The standard InChI is InChI=1S/C16H17N3O4S/c1-24(21,22)19-11-15(23-14-8-3-2-7-13(14)19)16(20)18-10-12-6-4-5-9-17-12/h2-9,15H,10-11H2,1H3,(H,18,20)/t15-/m1/s1. The van der Waals surface area contributed by atoms with Gasteiger partial charge < -0.3 is 10.1 Å². The molecule has 1 aliphatic rings. The molecule has 0 saturated carbocycles. The summed E-state index contributed by atoms with van der Waals surface area (Å²) in [7, 11) is -3.51. The predicted octanol–water partition coefficient (Wildman–Crippen LogP) is 0.925. The Bertz CT molecular complexity index is 839. The number of anilines is 1. The van der Waals surface area contributed by atoms with Gasteiger partial charge in [0.15, 0.2) is 6.10 Å². The molecule has 2 heterocycles. The number of hydrogen-bond acceptors (Lipinski definition) is 5. The van der Waals surface area contributed by atoms with Crippen LogP contribution in [0.15, 0.2) is 48.7 Å². The molecule has 1 N–H and O–H groups in total. The lowest BCUT2D eigenvalue weighted by molar-refractivity contribution is -0.127. The highest BCUT2D eigenvalue weighted by Crippen LogP contribution is 2.34. The first-order valence-corrected chi connectivity index (χ1v) is 9.21. The van der Waals surface area contributed by atoms with Crippen molar-refractivity contribution in [3.63, 3.8) is 0 Å². The number of rotatable bonds is 4. The number of carbonyl (C=O) groups excluding carboxylic acids is 1. The lowest BCUT2D eigenvalue weighted by Gasteiger charge is -2.33. The third kappa shape index (κ3) is 3.48. The van der Waals surface area contributed by atoms with Crippen LogP contribution in [0.1, 0.15) is 5.69 Å². The molecular formula is C16H17N3O4S. The summed E-state index contributed by atoms with van der Waals surface area (Å²) in [6, 6.07) is 12.2. The second kappa shape index (κ2) is 6.48. The summed E-state index contributed by atoms with van der Waals surface area (Å²) in [6.07, 6.45) is 1.83. The summed E-state index contributed by atoms with van der Waals surface area (Å²) < 4.78 is 30.9. The van der Waals surface area contributed by atoms with Crippen LogP contribution in [0.4, 0.5) is 5.69 Å². The Balaban J connectivity index is 1.76. The minimum absolute atomic E-state index is 0.0656. The van der Waals surface area contributed by atoms with Gasteiger partial charge >= 0.3 is 0 Å². The number of benzene rings is 1. The Morgan fingerprint density at radius 2 is 2.04 bits per heavy atom. The largest absolute Gasteiger partial charge is 0.476 e. The average Bonchev–Trinajstić information content (AvgIpc) is 2.58. The molecule has 0 radical (unpaired) electrons. The summed E-state index contributed by atoms with van der Waals surface area (Å²) in [4.78, 5) is 16.5. The van der Waals surface area contributed by atoms with E-state index in [1.54, 1.807) is 42.6 Å². The Hall–Kier alpha value is -2.61. The van der Waals surface area contributed by atoms with Crippen molar-refractivity contribution in [3.05, 3.63) is 54.4 Å². The minimum atomic E-state index is -3.51. The van der Waals surface area contributed by atoms with Gasteiger partial charge in [0.25, 0.3) is 5.91 Å². The Kier molecular flexibility index (Phi) is 4.39. The van der Waals surface area contributed by atoms with Crippen LogP contribution in [0, 0.1) is 0 Å². The molecule has 0 unspecified atom stereocenters. The highest BCUT2D eigenvalue weighted by Gasteiger charge is 2.34. The second-order valence-corrected chi connectivity index (χ2v) is 7.31. The average molecular weight is 347 g/mol. The number of nitrogens with one attached hydrogen (secondary N) is 1. The van der Waals surface area contributed by atoms with Crippen LogP contribution in [0.2, 0.25) is 0 Å². The van der Waals surface area contributed by atoms with E-state index in [0.29, 0.717) is 17.1 Å². The molecule has 0 bridgehead atoms. The van der Waals surface area contributed by atoms with Gasteiger partial charge in [0.2, 0.25) is 10.0 Å². The van der Waals surface area contributed by atoms with Crippen LogP contribution in [0.5, 0.6) is 5.75 Å². The van der Waals surface area contributed by atoms with Crippen LogP contribution in [-0.4, -0.2) is 38.2 Å². The van der Waals surface area contributed by atoms with Gasteiger partial charge in [0.05, 0.1) is 30.7 Å². The molecule has 1 amide bonds. The molecular weight excluding hydrogens is 330 g/mol. The molecule has 3 rings (SSSR count). The molecule has 0 aliphatic carbocycles. The predicted molar refractivity (Wildman–Crippen MR) is 89.1 cm³/mol. The maximum absolute atomic E-state index is 12.4. The van der Waals surface area contributed by atoms with Gasteiger partial charge in [-0.3, -0.25) is 14.1 Å². The van der Waals surface area contributed by atoms with E-state index in [-0.39, 0.29) is 19.0 Å². The fourth-order valence-electron chi connectivity index (χ4n) is 2.45.